The molecule has 0 saturated carbocycles. The average molecular weight is 425 g/mol. The summed E-state index contributed by atoms with van der Waals surface area (Å²) in [6.45, 7) is 2.68. The summed E-state index contributed by atoms with van der Waals surface area (Å²) in [5, 5.41) is 8.75. The highest BCUT2D eigenvalue weighted by molar-refractivity contribution is 4.52. The molecule has 0 aliphatic carbocycles. The Morgan fingerprint density at radius 2 is 0.433 bits per heavy atom. The highest BCUT2D eigenvalue weighted by Crippen LogP contribution is 2.16. The summed E-state index contributed by atoms with van der Waals surface area (Å²) in [4.78, 5) is 0. The minimum Gasteiger partial charge on any atom is -0.396 e. The lowest BCUT2D eigenvalue weighted by Gasteiger charge is -2.04. The van der Waals surface area contributed by atoms with E-state index >= 15 is 0 Å². The average Bonchev–Trinajstić information content (AvgIpc) is 2.76. The Morgan fingerprint density at radius 1 is 0.267 bits per heavy atom. The Kier molecular flexibility index (Phi) is 28.9. The van der Waals surface area contributed by atoms with E-state index in [-0.39, 0.29) is 0 Å². The summed E-state index contributed by atoms with van der Waals surface area (Å²) in [5.74, 6) is 0. The maximum absolute atomic E-state index is 8.75. The van der Waals surface area contributed by atoms with Crippen molar-refractivity contribution in [2.45, 2.75) is 180 Å². The zero-order valence-corrected chi connectivity index (χ0v) is 21.2. The van der Waals surface area contributed by atoms with Crippen molar-refractivity contribution in [3.05, 3.63) is 0 Å². The Labute approximate surface area is 192 Å². The molecule has 1 N–H and O–H groups in total. The fourth-order valence-corrected chi connectivity index (χ4v) is 4.60. The third-order valence-corrected chi connectivity index (χ3v) is 6.76. The smallest absolute Gasteiger partial charge is 0.0431 e. The van der Waals surface area contributed by atoms with E-state index in [1.807, 2.05) is 0 Å². The molecule has 0 aromatic carbocycles. The molecule has 30 heavy (non-hydrogen) atoms. The third kappa shape index (κ3) is 28.0. The van der Waals surface area contributed by atoms with Crippen molar-refractivity contribution in [3.63, 3.8) is 0 Å². The van der Waals surface area contributed by atoms with Crippen molar-refractivity contribution in [2.75, 3.05) is 6.61 Å². The van der Waals surface area contributed by atoms with Crippen molar-refractivity contribution in [3.8, 4) is 0 Å². The molecule has 0 aromatic rings. The quantitative estimate of drug-likeness (QED) is 0.130. The highest BCUT2D eigenvalue weighted by Gasteiger charge is 1.96. The Balaban J connectivity index is 2.97. The normalized spacial score (nSPS) is 11.4. The number of aliphatic hydroxyl groups is 1. The molecule has 0 bridgehead atoms. The van der Waals surface area contributed by atoms with Gasteiger partial charge in [0.15, 0.2) is 0 Å². The standard InChI is InChI=1S/C29H60O/c1-2-3-4-5-6-7-8-9-10-11-12-13-14-15-16-17-18-19-20-21-22-23-24-25-26-27-28-29-30/h30H,2-29H2,1H3. The van der Waals surface area contributed by atoms with Crippen molar-refractivity contribution < 1.29 is 5.11 Å². The fraction of sp³-hybridized carbons (Fsp3) is 1.00. The second-order valence-electron chi connectivity index (χ2n) is 9.92. The molecule has 0 heterocycles. The highest BCUT2D eigenvalue weighted by atomic mass is 16.2. The minimum absolute atomic E-state index is 0.374. The van der Waals surface area contributed by atoms with Gasteiger partial charge in [-0.1, -0.05) is 174 Å². The first-order valence-corrected chi connectivity index (χ1v) is 14.5. The second-order valence-corrected chi connectivity index (χ2v) is 9.92. The van der Waals surface area contributed by atoms with E-state index in [4.69, 9.17) is 5.11 Å². The molecule has 1 nitrogen and oxygen atoms in total. The topological polar surface area (TPSA) is 20.2 Å². The first kappa shape index (κ1) is 30.0. The van der Waals surface area contributed by atoms with E-state index in [1.165, 1.54) is 167 Å². The van der Waals surface area contributed by atoms with Crippen molar-refractivity contribution in [1.82, 2.24) is 0 Å². The van der Waals surface area contributed by atoms with Crippen molar-refractivity contribution in [1.29, 1.82) is 0 Å². The summed E-state index contributed by atoms with van der Waals surface area (Å²) in [6, 6.07) is 0. The molecule has 0 fully saturated rings. The van der Waals surface area contributed by atoms with Crippen LogP contribution in [0, 0.1) is 0 Å². The molecule has 0 aromatic heterocycles. The lowest BCUT2D eigenvalue weighted by Crippen LogP contribution is -1.85. The predicted octanol–water partition coefficient (Wildman–Crippen LogP) is 10.5. The van der Waals surface area contributed by atoms with Crippen LogP contribution < -0.4 is 0 Å². The van der Waals surface area contributed by atoms with Gasteiger partial charge in [-0.2, -0.15) is 0 Å². The van der Waals surface area contributed by atoms with Crippen LogP contribution in [0.1, 0.15) is 180 Å². The molecule has 0 aliphatic heterocycles. The van der Waals surface area contributed by atoms with Crippen LogP contribution in [0.15, 0.2) is 0 Å². The van der Waals surface area contributed by atoms with Gasteiger partial charge < -0.3 is 5.11 Å². The lowest BCUT2D eigenvalue weighted by molar-refractivity contribution is 0.282. The van der Waals surface area contributed by atoms with Gasteiger partial charge in [-0.15, -0.1) is 0 Å². The molecular weight excluding hydrogens is 364 g/mol. The van der Waals surface area contributed by atoms with Gasteiger partial charge in [-0.3, -0.25) is 0 Å². The molecule has 0 saturated heterocycles. The van der Waals surface area contributed by atoms with E-state index in [0.29, 0.717) is 6.61 Å². The summed E-state index contributed by atoms with van der Waals surface area (Å²) >= 11 is 0. The van der Waals surface area contributed by atoms with Crippen LogP contribution in [-0.4, -0.2) is 11.7 Å². The molecule has 0 unspecified atom stereocenters. The SMILES string of the molecule is CCCCCCCCCCCCCCCCCCCCCCCCCCCCCO. The van der Waals surface area contributed by atoms with Crippen LogP contribution in [0.25, 0.3) is 0 Å². The van der Waals surface area contributed by atoms with E-state index in [2.05, 4.69) is 6.92 Å². The zero-order valence-electron chi connectivity index (χ0n) is 21.2. The number of aliphatic hydroxyl groups excluding tert-OH is 1. The number of unbranched alkanes of at least 4 members (excludes halogenated alkanes) is 26. The van der Waals surface area contributed by atoms with Gasteiger partial charge in [0.2, 0.25) is 0 Å². The number of hydrogen-bond donors (Lipinski definition) is 1. The molecule has 0 aliphatic rings. The monoisotopic (exact) mass is 424 g/mol. The number of hydrogen-bond acceptors (Lipinski definition) is 1. The molecule has 0 spiro atoms. The fourth-order valence-electron chi connectivity index (χ4n) is 4.60. The van der Waals surface area contributed by atoms with Gasteiger partial charge in [-0.25, -0.2) is 0 Å². The third-order valence-electron chi connectivity index (χ3n) is 6.76. The summed E-state index contributed by atoms with van der Waals surface area (Å²) < 4.78 is 0. The second kappa shape index (κ2) is 29.0. The van der Waals surface area contributed by atoms with Gasteiger partial charge in [-0.05, 0) is 6.42 Å². The largest absolute Gasteiger partial charge is 0.396 e. The van der Waals surface area contributed by atoms with Gasteiger partial charge in [0.25, 0.3) is 0 Å². The van der Waals surface area contributed by atoms with Gasteiger partial charge >= 0.3 is 0 Å². The first-order valence-electron chi connectivity index (χ1n) is 14.5. The van der Waals surface area contributed by atoms with E-state index < -0.39 is 0 Å². The molecular formula is C29H60O. The Morgan fingerprint density at radius 3 is 0.600 bits per heavy atom. The molecule has 0 radical (unpaired) electrons. The molecule has 1 heteroatoms. The maximum atomic E-state index is 8.75. The summed E-state index contributed by atoms with van der Waals surface area (Å²) in [5.41, 5.74) is 0. The Bertz CT molecular complexity index is 248. The van der Waals surface area contributed by atoms with E-state index in [9.17, 15) is 0 Å². The van der Waals surface area contributed by atoms with Crippen LogP contribution >= 0.6 is 0 Å². The first-order chi connectivity index (χ1) is 14.9. The van der Waals surface area contributed by atoms with Gasteiger partial charge in [0.1, 0.15) is 0 Å². The van der Waals surface area contributed by atoms with Crippen LogP contribution in [0.5, 0.6) is 0 Å². The zero-order chi connectivity index (χ0) is 21.8. The molecule has 0 atom stereocenters. The maximum Gasteiger partial charge on any atom is 0.0431 e. The predicted molar refractivity (Wildman–Crippen MR) is 137 cm³/mol. The molecule has 0 rings (SSSR count). The van der Waals surface area contributed by atoms with Gasteiger partial charge in [0.05, 0.1) is 0 Å². The van der Waals surface area contributed by atoms with E-state index in [0.717, 1.165) is 6.42 Å². The summed E-state index contributed by atoms with van der Waals surface area (Å²) in [6.07, 6.45) is 38.6. The number of rotatable bonds is 27. The minimum atomic E-state index is 0.374. The Hall–Kier alpha value is -0.0400. The summed E-state index contributed by atoms with van der Waals surface area (Å²) in [7, 11) is 0. The van der Waals surface area contributed by atoms with Crippen LogP contribution in [-0.2, 0) is 0 Å². The van der Waals surface area contributed by atoms with Crippen molar-refractivity contribution >= 4 is 0 Å². The van der Waals surface area contributed by atoms with Gasteiger partial charge in [0, 0.05) is 6.61 Å². The van der Waals surface area contributed by atoms with Crippen molar-refractivity contribution in [2.24, 2.45) is 0 Å². The van der Waals surface area contributed by atoms with Crippen LogP contribution in [0.3, 0.4) is 0 Å². The van der Waals surface area contributed by atoms with E-state index in [1.54, 1.807) is 0 Å². The van der Waals surface area contributed by atoms with Crippen LogP contribution in [0.4, 0.5) is 0 Å². The lowest BCUT2D eigenvalue weighted by atomic mass is 10.0. The van der Waals surface area contributed by atoms with Crippen LogP contribution in [0.2, 0.25) is 0 Å². The molecule has 182 valence electrons. The molecule has 0 amide bonds.